The Morgan fingerprint density at radius 1 is 0.931 bits per heavy atom. The second-order valence-electron chi connectivity index (χ2n) is 7.35. The number of nitrogens with zero attached hydrogens (tertiary/aromatic N) is 2. The number of fused-ring (bicyclic) bond motifs is 1. The van der Waals surface area contributed by atoms with Gasteiger partial charge in [0.05, 0.1) is 27.4 Å². The average Bonchev–Trinajstić information content (AvgIpc) is 3.25. The first-order valence-electron chi connectivity index (χ1n) is 9.64. The molecule has 0 N–H and O–H groups in total. The summed E-state index contributed by atoms with van der Waals surface area (Å²) in [7, 11) is 4.88. The predicted octanol–water partition coefficient (Wildman–Crippen LogP) is 2.92. The van der Waals surface area contributed by atoms with Crippen molar-refractivity contribution in [3.8, 4) is 17.2 Å². The molecule has 154 valence electrons. The molecule has 2 atom stereocenters. The molecule has 2 aliphatic rings. The minimum atomic E-state index is -0.254. The molecule has 1 amide bonds. The molecule has 2 heterocycles. The molecule has 2 aromatic rings. The van der Waals surface area contributed by atoms with Gasteiger partial charge < -0.3 is 18.9 Å². The molecule has 29 heavy (non-hydrogen) atoms. The predicted molar refractivity (Wildman–Crippen MR) is 107 cm³/mol. The van der Waals surface area contributed by atoms with Crippen LogP contribution in [0.2, 0.25) is 0 Å². The molecule has 0 aromatic heterocycles. The Morgan fingerprint density at radius 3 is 2.48 bits per heavy atom. The number of carbonyl (C=O) groups is 1. The van der Waals surface area contributed by atoms with Crippen molar-refractivity contribution in [3.63, 3.8) is 0 Å². The van der Waals surface area contributed by atoms with E-state index in [9.17, 15) is 4.79 Å². The highest BCUT2D eigenvalue weighted by Gasteiger charge is 2.47. The number of methoxy groups -OCH3 is 3. The van der Waals surface area contributed by atoms with E-state index in [1.807, 2.05) is 41.3 Å². The molecular formula is C22H26N2O5. The van der Waals surface area contributed by atoms with Crippen molar-refractivity contribution < 1.29 is 23.7 Å². The third kappa shape index (κ3) is 3.96. The number of likely N-dealkylation sites (tertiary alicyclic amines) is 1. The maximum absolute atomic E-state index is 12.4. The Morgan fingerprint density at radius 2 is 1.72 bits per heavy atom. The van der Waals surface area contributed by atoms with E-state index in [0.29, 0.717) is 18.0 Å². The van der Waals surface area contributed by atoms with Gasteiger partial charge in [0.2, 0.25) is 0 Å². The lowest BCUT2D eigenvalue weighted by molar-refractivity contribution is 0.119. The monoisotopic (exact) mass is 398 g/mol. The largest absolute Gasteiger partial charge is 0.497 e. The highest BCUT2D eigenvalue weighted by molar-refractivity contribution is 5.71. The summed E-state index contributed by atoms with van der Waals surface area (Å²) < 4.78 is 21.6. The summed E-state index contributed by atoms with van der Waals surface area (Å²) in [6.07, 6.45) is -0.357. The van der Waals surface area contributed by atoms with E-state index in [1.165, 1.54) is 5.56 Å². The maximum Gasteiger partial charge on any atom is 0.410 e. The van der Waals surface area contributed by atoms with E-state index in [-0.39, 0.29) is 18.2 Å². The highest BCUT2D eigenvalue weighted by Crippen LogP contribution is 2.32. The molecule has 7 nitrogen and oxygen atoms in total. The van der Waals surface area contributed by atoms with Crippen molar-refractivity contribution >= 4 is 6.09 Å². The Balaban J connectivity index is 1.44. The molecule has 2 aliphatic heterocycles. The lowest BCUT2D eigenvalue weighted by Gasteiger charge is -2.23. The number of hydrogen-bond acceptors (Lipinski definition) is 6. The Kier molecular flexibility index (Phi) is 5.49. The van der Waals surface area contributed by atoms with Gasteiger partial charge in [0, 0.05) is 26.2 Å². The average molecular weight is 398 g/mol. The number of hydrogen-bond donors (Lipinski definition) is 0. The van der Waals surface area contributed by atoms with Gasteiger partial charge in [-0.3, -0.25) is 9.80 Å². The zero-order valence-corrected chi connectivity index (χ0v) is 17.0. The van der Waals surface area contributed by atoms with Gasteiger partial charge >= 0.3 is 6.09 Å². The van der Waals surface area contributed by atoms with Crippen LogP contribution >= 0.6 is 0 Å². The first-order chi connectivity index (χ1) is 14.1. The van der Waals surface area contributed by atoms with Crippen LogP contribution in [-0.4, -0.2) is 62.5 Å². The maximum atomic E-state index is 12.4. The van der Waals surface area contributed by atoms with E-state index >= 15 is 0 Å². The van der Waals surface area contributed by atoms with Crippen molar-refractivity contribution in [2.24, 2.45) is 0 Å². The summed E-state index contributed by atoms with van der Waals surface area (Å²) in [5, 5.41) is 0. The van der Waals surface area contributed by atoms with E-state index in [0.717, 1.165) is 30.9 Å². The second kappa shape index (κ2) is 8.21. The fourth-order valence-electron chi connectivity index (χ4n) is 4.10. The van der Waals surface area contributed by atoms with Crippen LogP contribution in [0, 0.1) is 0 Å². The number of benzene rings is 2. The van der Waals surface area contributed by atoms with Crippen molar-refractivity contribution in [1.82, 2.24) is 9.80 Å². The third-order valence-electron chi connectivity index (χ3n) is 5.54. The summed E-state index contributed by atoms with van der Waals surface area (Å²) in [5.41, 5.74) is 2.16. The highest BCUT2D eigenvalue weighted by atomic mass is 16.6. The second-order valence-corrected chi connectivity index (χ2v) is 7.35. The molecule has 2 fully saturated rings. The van der Waals surface area contributed by atoms with Crippen LogP contribution in [0.1, 0.15) is 11.1 Å². The summed E-state index contributed by atoms with van der Waals surface area (Å²) >= 11 is 0. The van der Waals surface area contributed by atoms with Gasteiger partial charge in [0.1, 0.15) is 11.9 Å². The van der Waals surface area contributed by atoms with Crippen LogP contribution < -0.4 is 14.2 Å². The fourth-order valence-corrected chi connectivity index (χ4v) is 4.10. The topological polar surface area (TPSA) is 60.5 Å². The number of ether oxygens (including phenoxy) is 4. The molecule has 2 aromatic carbocycles. The van der Waals surface area contributed by atoms with Crippen LogP contribution in [0.5, 0.6) is 17.2 Å². The van der Waals surface area contributed by atoms with Gasteiger partial charge in [-0.2, -0.15) is 0 Å². The minimum absolute atomic E-state index is 0.0428. The van der Waals surface area contributed by atoms with Gasteiger partial charge in [-0.25, -0.2) is 4.79 Å². The standard InChI is InChI=1S/C22H26N2O5/c1-26-17-6-4-5-15(9-17)11-23-13-18-21(14-23)29-22(25)24(18)12-16-7-8-19(27-2)20(10-16)28-3/h4-10,18,21H,11-14H2,1-3H3/t18-,21+/m0/s1. The molecule has 0 saturated carbocycles. The molecule has 4 rings (SSSR count). The SMILES string of the molecule is COc1cccc(CN2C[C@H]3OC(=O)N(Cc4ccc(OC)c(OC)c4)[C@H]3C2)c1. The summed E-state index contributed by atoms with van der Waals surface area (Å²) in [6, 6.07) is 13.8. The first-order valence-corrected chi connectivity index (χ1v) is 9.64. The van der Waals surface area contributed by atoms with E-state index < -0.39 is 0 Å². The van der Waals surface area contributed by atoms with Crippen LogP contribution in [0.4, 0.5) is 4.79 Å². The van der Waals surface area contributed by atoms with Gasteiger partial charge in [-0.15, -0.1) is 0 Å². The van der Waals surface area contributed by atoms with E-state index in [1.54, 1.807) is 21.3 Å². The zero-order chi connectivity index (χ0) is 20.4. The normalized spacial score (nSPS) is 21.1. The van der Waals surface area contributed by atoms with Crippen molar-refractivity contribution in [2.75, 3.05) is 34.4 Å². The third-order valence-corrected chi connectivity index (χ3v) is 5.54. The van der Waals surface area contributed by atoms with E-state index in [4.69, 9.17) is 18.9 Å². The van der Waals surface area contributed by atoms with Crippen LogP contribution in [-0.2, 0) is 17.8 Å². The number of carbonyl (C=O) groups excluding carboxylic acids is 1. The molecule has 0 aliphatic carbocycles. The van der Waals surface area contributed by atoms with E-state index in [2.05, 4.69) is 11.0 Å². The zero-order valence-electron chi connectivity index (χ0n) is 17.0. The Labute approximate surface area is 170 Å². The van der Waals surface area contributed by atoms with Crippen LogP contribution in [0.25, 0.3) is 0 Å². The lowest BCUT2D eigenvalue weighted by atomic mass is 10.1. The smallest absolute Gasteiger partial charge is 0.410 e. The van der Waals surface area contributed by atoms with Crippen LogP contribution in [0.15, 0.2) is 42.5 Å². The minimum Gasteiger partial charge on any atom is -0.497 e. The quantitative estimate of drug-likeness (QED) is 0.715. The molecule has 0 unspecified atom stereocenters. The Bertz CT molecular complexity index is 887. The molecule has 2 saturated heterocycles. The lowest BCUT2D eigenvalue weighted by Crippen LogP contribution is -2.37. The Hall–Kier alpha value is -2.93. The van der Waals surface area contributed by atoms with Crippen molar-refractivity contribution in [1.29, 1.82) is 0 Å². The summed E-state index contributed by atoms with van der Waals surface area (Å²) in [6.45, 7) is 2.79. The van der Waals surface area contributed by atoms with Gasteiger partial charge in [0.15, 0.2) is 11.5 Å². The van der Waals surface area contributed by atoms with Gasteiger partial charge in [-0.1, -0.05) is 18.2 Å². The summed E-state index contributed by atoms with van der Waals surface area (Å²) in [5.74, 6) is 2.17. The molecule has 0 spiro atoms. The number of amides is 1. The van der Waals surface area contributed by atoms with Crippen molar-refractivity contribution in [2.45, 2.75) is 25.2 Å². The van der Waals surface area contributed by atoms with Gasteiger partial charge in [0.25, 0.3) is 0 Å². The number of rotatable bonds is 7. The molecule has 0 bridgehead atoms. The first kappa shape index (κ1) is 19.4. The van der Waals surface area contributed by atoms with Crippen LogP contribution in [0.3, 0.4) is 0 Å². The van der Waals surface area contributed by atoms with Gasteiger partial charge in [-0.05, 0) is 35.4 Å². The molecular weight excluding hydrogens is 372 g/mol. The summed E-state index contributed by atoms with van der Waals surface area (Å²) in [4.78, 5) is 16.6. The molecule has 0 radical (unpaired) electrons. The molecule has 7 heteroatoms. The van der Waals surface area contributed by atoms with Crippen molar-refractivity contribution in [3.05, 3.63) is 53.6 Å². The fraction of sp³-hybridized carbons (Fsp3) is 0.409.